The normalized spacial score (nSPS) is 18.2. The Kier molecular flexibility index (Phi) is 4.86. The van der Waals surface area contributed by atoms with Gasteiger partial charge >= 0.3 is 0 Å². The number of phenolic OH excluding ortho intramolecular Hbond substituents is 1. The second-order valence-electron chi connectivity index (χ2n) is 6.22. The molecule has 1 saturated heterocycles. The number of hydrogen-bond acceptors (Lipinski definition) is 4. The number of benzene rings is 1. The lowest BCUT2D eigenvalue weighted by atomic mass is 9.97. The molecule has 0 atom stereocenters. The predicted octanol–water partition coefficient (Wildman–Crippen LogP) is 2.83. The summed E-state index contributed by atoms with van der Waals surface area (Å²) in [7, 11) is 0. The largest absolute Gasteiger partial charge is 0.505 e. The fraction of sp³-hybridized carbons (Fsp3) is 0.500. The first-order valence-corrected chi connectivity index (χ1v) is 8.32. The molecule has 0 radical (unpaired) electrons. The van der Waals surface area contributed by atoms with Crippen molar-refractivity contribution < 1.29 is 14.6 Å². The molecule has 2 aliphatic rings. The first kappa shape index (κ1) is 15.9. The van der Waals surface area contributed by atoms with E-state index >= 15 is 0 Å². The molecule has 0 bridgehead atoms. The standard InChI is InChI=1S/C18H24N2O3/c1-2-10-23-15-11-13(12-20-8-4-3-5-9-20)18(22)17-14(15)6-7-16(21)19-17/h2,11,22H,1,3-10,12H2,(H,19,21). The number of phenols is 1. The van der Waals surface area contributed by atoms with Gasteiger partial charge in [0.05, 0.1) is 5.69 Å². The third-order valence-corrected chi connectivity index (χ3v) is 4.51. The summed E-state index contributed by atoms with van der Waals surface area (Å²) in [6.07, 6.45) is 6.37. The third-order valence-electron chi connectivity index (χ3n) is 4.51. The Morgan fingerprint density at radius 1 is 1.30 bits per heavy atom. The van der Waals surface area contributed by atoms with Gasteiger partial charge in [-0.3, -0.25) is 9.69 Å². The third kappa shape index (κ3) is 3.50. The quantitative estimate of drug-likeness (QED) is 0.648. The summed E-state index contributed by atoms with van der Waals surface area (Å²) < 4.78 is 5.77. The molecule has 23 heavy (non-hydrogen) atoms. The molecule has 2 heterocycles. The number of aromatic hydroxyl groups is 1. The number of amides is 1. The molecule has 5 nitrogen and oxygen atoms in total. The van der Waals surface area contributed by atoms with E-state index in [1.54, 1.807) is 6.08 Å². The highest BCUT2D eigenvalue weighted by Crippen LogP contribution is 2.41. The van der Waals surface area contributed by atoms with Crippen molar-refractivity contribution in [3.63, 3.8) is 0 Å². The lowest BCUT2D eigenvalue weighted by Gasteiger charge is -2.28. The average Bonchev–Trinajstić information content (AvgIpc) is 2.57. The molecule has 3 rings (SSSR count). The molecule has 2 aliphatic heterocycles. The van der Waals surface area contributed by atoms with E-state index in [1.807, 2.05) is 6.07 Å². The molecule has 0 saturated carbocycles. The van der Waals surface area contributed by atoms with Crippen LogP contribution in [0.2, 0.25) is 0 Å². The van der Waals surface area contributed by atoms with Gasteiger partial charge in [0.2, 0.25) is 5.91 Å². The lowest BCUT2D eigenvalue weighted by Crippen LogP contribution is -2.29. The number of hydrogen-bond donors (Lipinski definition) is 2. The second-order valence-corrected chi connectivity index (χ2v) is 6.22. The number of nitrogens with one attached hydrogen (secondary N) is 1. The number of rotatable bonds is 5. The monoisotopic (exact) mass is 316 g/mol. The zero-order valence-corrected chi connectivity index (χ0v) is 13.4. The van der Waals surface area contributed by atoms with Gasteiger partial charge in [-0.1, -0.05) is 19.1 Å². The van der Waals surface area contributed by atoms with Crippen molar-refractivity contribution >= 4 is 11.6 Å². The van der Waals surface area contributed by atoms with Crippen molar-refractivity contribution in [1.82, 2.24) is 4.90 Å². The first-order valence-electron chi connectivity index (χ1n) is 8.32. The second kappa shape index (κ2) is 7.04. The van der Waals surface area contributed by atoms with Gasteiger partial charge in [0, 0.05) is 24.1 Å². The van der Waals surface area contributed by atoms with Gasteiger partial charge in [0.1, 0.15) is 18.1 Å². The molecule has 1 fully saturated rings. The van der Waals surface area contributed by atoms with Gasteiger partial charge in [0.15, 0.2) is 0 Å². The van der Waals surface area contributed by atoms with Gasteiger partial charge in [-0.05, 0) is 38.4 Å². The van der Waals surface area contributed by atoms with Gasteiger partial charge in [-0.15, -0.1) is 0 Å². The molecular weight excluding hydrogens is 292 g/mol. The minimum absolute atomic E-state index is 0.0578. The lowest BCUT2D eigenvalue weighted by molar-refractivity contribution is -0.116. The number of anilines is 1. The number of carbonyl (C=O) groups excluding carboxylic acids is 1. The van der Waals surface area contributed by atoms with Crippen LogP contribution in [0.5, 0.6) is 11.5 Å². The summed E-state index contributed by atoms with van der Waals surface area (Å²) >= 11 is 0. The van der Waals surface area contributed by atoms with E-state index in [0.29, 0.717) is 31.7 Å². The van der Waals surface area contributed by atoms with Crippen LogP contribution in [0.1, 0.15) is 36.8 Å². The molecule has 1 aromatic rings. The minimum atomic E-state index is -0.0578. The van der Waals surface area contributed by atoms with Gasteiger partial charge in [0.25, 0.3) is 0 Å². The Balaban J connectivity index is 1.92. The fourth-order valence-electron chi connectivity index (χ4n) is 3.32. The Bertz CT molecular complexity index is 607. The fourth-order valence-corrected chi connectivity index (χ4v) is 3.32. The summed E-state index contributed by atoms with van der Waals surface area (Å²) in [5.41, 5.74) is 2.22. The van der Waals surface area contributed by atoms with Crippen LogP contribution in [0.3, 0.4) is 0 Å². The number of ether oxygens (including phenoxy) is 1. The van der Waals surface area contributed by atoms with Crippen LogP contribution in [0.4, 0.5) is 5.69 Å². The maximum Gasteiger partial charge on any atom is 0.224 e. The Labute approximate surface area is 136 Å². The molecule has 0 unspecified atom stereocenters. The molecule has 2 N–H and O–H groups in total. The van der Waals surface area contributed by atoms with Crippen molar-refractivity contribution in [2.24, 2.45) is 0 Å². The summed E-state index contributed by atoms with van der Waals surface area (Å²) in [5.74, 6) is 0.867. The number of fused-ring (bicyclic) bond motifs is 1. The van der Waals surface area contributed by atoms with Crippen LogP contribution in [0.25, 0.3) is 0 Å². The summed E-state index contributed by atoms with van der Waals surface area (Å²) in [5, 5.41) is 13.4. The molecule has 1 aromatic carbocycles. The maximum atomic E-state index is 11.7. The van der Waals surface area contributed by atoms with Crippen LogP contribution in [0, 0.1) is 0 Å². The van der Waals surface area contributed by atoms with Crippen LogP contribution in [-0.4, -0.2) is 35.6 Å². The van der Waals surface area contributed by atoms with Crippen LogP contribution in [0.15, 0.2) is 18.7 Å². The molecule has 0 aliphatic carbocycles. The van der Waals surface area contributed by atoms with E-state index in [-0.39, 0.29) is 11.7 Å². The predicted molar refractivity (Wildman–Crippen MR) is 89.9 cm³/mol. The van der Waals surface area contributed by atoms with Crippen LogP contribution >= 0.6 is 0 Å². The van der Waals surface area contributed by atoms with Crippen molar-refractivity contribution in [3.05, 3.63) is 29.8 Å². The van der Waals surface area contributed by atoms with E-state index < -0.39 is 0 Å². The number of likely N-dealkylation sites (tertiary alicyclic amines) is 1. The summed E-state index contributed by atoms with van der Waals surface area (Å²) in [6.45, 7) is 6.87. The van der Waals surface area contributed by atoms with Crippen molar-refractivity contribution in [2.45, 2.75) is 38.6 Å². The van der Waals surface area contributed by atoms with E-state index in [4.69, 9.17) is 4.74 Å². The summed E-state index contributed by atoms with van der Waals surface area (Å²) in [6, 6.07) is 1.92. The smallest absolute Gasteiger partial charge is 0.224 e. The number of piperidine rings is 1. The molecule has 5 heteroatoms. The highest BCUT2D eigenvalue weighted by Gasteiger charge is 2.25. The SMILES string of the molecule is C=CCOc1cc(CN2CCCCC2)c(O)c2c1CCC(=O)N2. The number of carbonyl (C=O) groups is 1. The van der Waals surface area contributed by atoms with Crippen molar-refractivity contribution in [2.75, 3.05) is 25.0 Å². The van der Waals surface area contributed by atoms with E-state index in [1.165, 1.54) is 19.3 Å². The van der Waals surface area contributed by atoms with Crippen LogP contribution < -0.4 is 10.1 Å². The highest BCUT2D eigenvalue weighted by atomic mass is 16.5. The zero-order valence-electron chi connectivity index (χ0n) is 13.4. The van der Waals surface area contributed by atoms with Gasteiger partial charge < -0.3 is 15.2 Å². The Hall–Kier alpha value is -2.01. The van der Waals surface area contributed by atoms with Crippen molar-refractivity contribution in [1.29, 1.82) is 0 Å². The van der Waals surface area contributed by atoms with E-state index in [2.05, 4.69) is 16.8 Å². The molecule has 124 valence electrons. The highest BCUT2D eigenvalue weighted by molar-refractivity contribution is 5.96. The van der Waals surface area contributed by atoms with Crippen molar-refractivity contribution in [3.8, 4) is 11.5 Å². The maximum absolute atomic E-state index is 11.7. The Morgan fingerprint density at radius 2 is 2.09 bits per heavy atom. The van der Waals surface area contributed by atoms with E-state index in [9.17, 15) is 9.90 Å². The Morgan fingerprint density at radius 3 is 2.83 bits per heavy atom. The molecule has 0 aromatic heterocycles. The van der Waals surface area contributed by atoms with Gasteiger partial charge in [-0.25, -0.2) is 0 Å². The summed E-state index contributed by atoms with van der Waals surface area (Å²) in [4.78, 5) is 14.1. The van der Waals surface area contributed by atoms with E-state index in [0.717, 1.165) is 30.0 Å². The van der Waals surface area contributed by atoms with Gasteiger partial charge in [-0.2, -0.15) is 0 Å². The zero-order chi connectivity index (χ0) is 16.2. The first-order chi connectivity index (χ1) is 11.2. The number of nitrogens with zero attached hydrogens (tertiary/aromatic N) is 1. The molecular formula is C18H24N2O3. The minimum Gasteiger partial charge on any atom is -0.505 e. The van der Waals surface area contributed by atoms with Crippen LogP contribution in [-0.2, 0) is 17.8 Å². The molecule has 0 spiro atoms. The topological polar surface area (TPSA) is 61.8 Å². The molecule has 1 amide bonds. The average molecular weight is 316 g/mol.